The van der Waals surface area contributed by atoms with E-state index in [4.69, 9.17) is 0 Å². The predicted molar refractivity (Wildman–Crippen MR) is 121 cm³/mol. The van der Waals surface area contributed by atoms with Crippen molar-refractivity contribution in [2.75, 3.05) is 13.6 Å². The van der Waals surface area contributed by atoms with E-state index in [0.717, 1.165) is 32.6 Å². The molecule has 1 atom stereocenters. The quantitative estimate of drug-likeness (QED) is 0.613. The summed E-state index contributed by atoms with van der Waals surface area (Å²) < 4.78 is 27.0. The molecule has 3 rings (SSSR count). The Bertz CT molecular complexity index is 1170. The summed E-state index contributed by atoms with van der Waals surface area (Å²) in [6.45, 7) is 5.84. The summed E-state index contributed by atoms with van der Waals surface area (Å²) in [7, 11) is -2.34. The summed E-state index contributed by atoms with van der Waals surface area (Å²) in [5.41, 5.74) is 3.38. The molecule has 3 aromatic carbocycles. The lowest BCUT2D eigenvalue weighted by Gasteiger charge is -2.21. The summed E-state index contributed by atoms with van der Waals surface area (Å²) in [5.74, 6) is -0.327. The van der Waals surface area contributed by atoms with Gasteiger partial charge in [0.1, 0.15) is 0 Å². The standard InChI is InChI=1S/C24H28N2O3S/c1-5-23(21-11-10-17(2)18(3)14-21)25-24(27)16-26(4)30(28,29)22-13-12-19-8-6-7-9-20(19)15-22/h6-15,23H,5,16H2,1-4H3,(H,25,27). The Hall–Kier alpha value is -2.70. The Morgan fingerprint density at radius 2 is 1.67 bits per heavy atom. The third-order valence-electron chi connectivity index (χ3n) is 5.47. The highest BCUT2D eigenvalue weighted by Gasteiger charge is 2.24. The molecule has 0 aliphatic carbocycles. The molecule has 0 saturated heterocycles. The maximum absolute atomic E-state index is 13.0. The number of hydrogen-bond acceptors (Lipinski definition) is 3. The van der Waals surface area contributed by atoms with Crippen LogP contribution in [0.5, 0.6) is 0 Å². The molecule has 0 bridgehead atoms. The van der Waals surface area contributed by atoms with Crippen molar-refractivity contribution >= 4 is 26.7 Å². The van der Waals surface area contributed by atoms with E-state index >= 15 is 0 Å². The van der Waals surface area contributed by atoms with Crippen LogP contribution in [0.15, 0.2) is 65.6 Å². The van der Waals surface area contributed by atoms with Crippen LogP contribution in [0.3, 0.4) is 0 Å². The summed E-state index contributed by atoms with van der Waals surface area (Å²) >= 11 is 0. The van der Waals surface area contributed by atoms with Gasteiger partial charge in [-0.3, -0.25) is 4.79 Å². The van der Waals surface area contributed by atoms with Crippen LogP contribution in [-0.2, 0) is 14.8 Å². The zero-order chi connectivity index (χ0) is 21.9. The van der Waals surface area contributed by atoms with Gasteiger partial charge in [0.15, 0.2) is 0 Å². The number of hydrogen-bond donors (Lipinski definition) is 1. The van der Waals surface area contributed by atoms with Crippen LogP contribution >= 0.6 is 0 Å². The zero-order valence-corrected chi connectivity index (χ0v) is 18.7. The van der Waals surface area contributed by atoms with Gasteiger partial charge in [0.25, 0.3) is 0 Å². The van der Waals surface area contributed by atoms with Gasteiger partial charge in [-0.05, 0) is 59.9 Å². The number of nitrogens with one attached hydrogen (secondary N) is 1. The molecule has 0 radical (unpaired) electrons. The number of carbonyl (C=O) groups excluding carboxylic acids is 1. The number of sulfonamides is 1. The molecular formula is C24H28N2O3S. The molecule has 0 heterocycles. The lowest BCUT2D eigenvalue weighted by molar-refractivity contribution is -0.121. The third-order valence-corrected chi connectivity index (χ3v) is 7.27. The fourth-order valence-corrected chi connectivity index (χ4v) is 4.60. The molecule has 1 N–H and O–H groups in total. The molecule has 0 spiro atoms. The van der Waals surface area contributed by atoms with Crippen molar-refractivity contribution in [3.63, 3.8) is 0 Å². The first-order chi connectivity index (χ1) is 14.2. The van der Waals surface area contributed by atoms with Crippen LogP contribution in [0.2, 0.25) is 0 Å². The number of rotatable bonds is 7. The highest BCUT2D eigenvalue weighted by Crippen LogP contribution is 2.22. The summed E-state index contributed by atoms with van der Waals surface area (Å²) in [6, 6.07) is 18.5. The van der Waals surface area contributed by atoms with E-state index in [1.807, 2.05) is 57.2 Å². The third kappa shape index (κ3) is 4.71. The Balaban J connectivity index is 1.73. The van der Waals surface area contributed by atoms with Crippen LogP contribution in [0.1, 0.15) is 36.1 Å². The normalized spacial score (nSPS) is 12.8. The largest absolute Gasteiger partial charge is 0.348 e. The van der Waals surface area contributed by atoms with Crippen LogP contribution < -0.4 is 5.32 Å². The molecule has 30 heavy (non-hydrogen) atoms. The van der Waals surface area contributed by atoms with Crippen molar-refractivity contribution in [1.82, 2.24) is 9.62 Å². The van der Waals surface area contributed by atoms with Crippen molar-refractivity contribution < 1.29 is 13.2 Å². The van der Waals surface area contributed by atoms with E-state index < -0.39 is 10.0 Å². The van der Waals surface area contributed by atoms with E-state index in [1.54, 1.807) is 18.2 Å². The number of likely N-dealkylation sites (N-methyl/N-ethyl adjacent to an activating group) is 1. The van der Waals surface area contributed by atoms with Crippen molar-refractivity contribution in [2.45, 2.75) is 38.1 Å². The Kier molecular flexibility index (Phi) is 6.58. The second kappa shape index (κ2) is 8.98. The molecule has 5 nitrogen and oxygen atoms in total. The predicted octanol–water partition coefficient (Wildman–Crippen LogP) is 4.34. The minimum atomic E-state index is -3.77. The SMILES string of the molecule is CCC(NC(=O)CN(C)S(=O)(=O)c1ccc2ccccc2c1)c1ccc(C)c(C)c1. The smallest absolute Gasteiger partial charge is 0.243 e. The first-order valence-corrected chi connectivity index (χ1v) is 11.5. The minimum Gasteiger partial charge on any atom is -0.348 e. The molecule has 3 aromatic rings. The molecule has 0 aliphatic rings. The highest BCUT2D eigenvalue weighted by atomic mass is 32.2. The Morgan fingerprint density at radius 1 is 0.967 bits per heavy atom. The minimum absolute atomic E-state index is 0.159. The maximum Gasteiger partial charge on any atom is 0.243 e. The van der Waals surface area contributed by atoms with Crippen molar-refractivity contribution in [3.8, 4) is 0 Å². The summed E-state index contributed by atoms with van der Waals surface area (Å²) in [4.78, 5) is 12.8. The van der Waals surface area contributed by atoms with Gasteiger partial charge in [-0.2, -0.15) is 4.31 Å². The van der Waals surface area contributed by atoms with E-state index in [9.17, 15) is 13.2 Å². The van der Waals surface area contributed by atoms with Crippen LogP contribution in [0.25, 0.3) is 10.8 Å². The van der Waals surface area contributed by atoms with E-state index in [0.29, 0.717) is 0 Å². The molecule has 0 aliphatic heterocycles. The first-order valence-electron chi connectivity index (χ1n) is 10.0. The lowest BCUT2D eigenvalue weighted by atomic mass is 9.99. The van der Waals surface area contributed by atoms with Crippen molar-refractivity contribution in [3.05, 3.63) is 77.4 Å². The monoisotopic (exact) mass is 424 g/mol. The molecule has 0 aromatic heterocycles. The fourth-order valence-electron chi connectivity index (χ4n) is 3.44. The molecule has 6 heteroatoms. The van der Waals surface area contributed by atoms with Gasteiger partial charge in [0, 0.05) is 7.05 Å². The second-order valence-corrected chi connectivity index (χ2v) is 9.69. The zero-order valence-electron chi connectivity index (χ0n) is 17.8. The maximum atomic E-state index is 13.0. The van der Waals surface area contributed by atoms with Gasteiger partial charge in [0.05, 0.1) is 17.5 Å². The van der Waals surface area contributed by atoms with Gasteiger partial charge in [-0.1, -0.05) is 55.5 Å². The molecular weight excluding hydrogens is 396 g/mol. The number of benzene rings is 3. The second-order valence-electron chi connectivity index (χ2n) is 7.64. The molecule has 158 valence electrons. The number of aryl methyl sites for hydroxylation is 2. The van der Waals surface area contributed by atoms with Crippen molar-refractivity contribution in [2.24, 2.45) is 0 Å². The highest BCUT2D eigenvalue weighted by molar-refractivity contribution is 7.89. The van der Waals surface area contributed by atoms with Crippen molar-refractivity contribution in [1.29, 1.82) is 0 Å². The number of carbonyl (C=O) groups is 1. The Labute approximate surface area is 178 Å². The fraction of sp³-hybridized carbons (Fsp3) is 0.292. The number of amides is 1. The Morgan fingerprint density at radius 3 is 2.33 bits per heavy atom. The molecule has 0 fully saturated rings. The molecule has 0 saturated carbocycles. The molecule has 1 amide bonds. The lowest BCUT2D eigenvalue weighted by Crippen LogP contribution is -2.39. The summed E-state index contributed by atoms with van der Waals surface area (Å²) in [6.07, 6.45) is 0.718. The average molecular weight is 425 g/mol. The molecule has 1 unspecified atom stereocenters. The van der Waals surface area contributed by atoms with E-state index in [-0.39, 0.29) is 23.4 Å². The van der Waals surface area contributed by atoms with Gasteiger partial charge < -0.3 is 5.32 Å². The van der Waals surface area contributed by atoms with Gasteiger partial charge in [-0.25, -0.2) is 8.42 Å². The topological polar surface area (TPSA) is 66.5 Å². The van der Waals surface area contributed by atoms with Crippen LogP contribution in [0, 0.1) is 13.8 Å². The van der Waals surface area contributed by atoms with Gasteiger partial charge in [0.2, 0.25) is 15.9 Å². The number of nitrogens with zero attached hydrogens (tertiary/aromatic N) is 1. The van der Waals surface area contributed by atoms with Gasteiger partial charge in [-0.15, -0.1) is 0 Å². The summed E-state index contributed by atoms with van der Waals surface area (Å²) in [5, 5.41) is 4.78. The first kappa shape index (κ1) is 22.0. The van der Waals surface area contributed by atoms with Gasteiger partial charge >= 0.3 is 0 Å². The average Bonchev–Trinajstić information content (AvgIpc) is 2.73. The van der Waals surface area contributed by atoms with E-state index in [2.05, 4.69) is 11.4 Å². The number of fused-ring (bicyclic) bond motifs is 1. The van der Waals surface area contributed by atoms with E-state index in [1.165, 1.54) is 12.6 Å². The van der Waals surface area contributed by atoms with Crippen LogP contribution in [-0.4, -0.2) is 32.2 Å². The van der Waals surface area contributed by atoms with Crippen LogP contribution in [0.4, 0.5) is 0 Å².